The maximum Gasteiger partial charge on any atom is 0.408 e. The van der Waals surface area contributed by atoms with Crippen LogP contribution in [-0.4, -0.2) is 63.8 Å². The van der Waals surface area contributed by atoms with Gasteiger partial charge in [-0.1, -0.05) is 58.0 Å². The van der Waals surface area contributed by atoms with Crippen LogP contribution < -0.4 is 10.6 Å². The van der Waals surface area contributed by atoms with Gasteiger partial charge in [0.15, 0.2) is 0 Å². The maximum atomic E-state index is 13.4. The van der Waals surface area contributed by atoms with Gasteiger partial charge in [-0.15, -0.1) is 0 Å². The zero-order valence-electron chi connectivity index (χ0n) is 21.2. The molecule has 1 aromatic carbocycles. The molecule has 2 rings (SSSR count). The molecule has 0 aliphatic carbocycles. The summed E-state index contributed by atoms with van der Waals surface area (Å²) in [6, 6.07) is 8.35. The Morgan fingerprint density at radius 1 is 1.17 bits per heavy atom. The van der Waals surface area contributed by atoms with E-state index in [-0.39, 0.29) is 24.0 Å². The van der Waals surface area contributed by atoms with Gasteiger partial charge < -0.3 is 30.5 Å². The van der Waals surface area contributed by atoms with E-state index in [1.165, 1.54) is 4.90 Å². The number of carbonyl (C=O) groups is 3. The van der Waals surface area contributed by atoms with Crippen molar-refractivity contribution in [2.75, 3.05) is 6.54 Å². The second-order valence-electron chi connectivity index (χ2n) is 9.54. The van der Waals surface area contributed by atoms with Gasteiger partial charge in [0.05, 0.1) is 17.9 Å². The van der Waals surface area contributed by atoms with Crippen LogP contribution in [0.5, 0.6) is 0 Å². The van der Waals surface area contributed by atoms with Crippen LogP contribution in [0.4, 0.5) is 4.79 Å². The summed E-state index contributed by atoms with van der Waals surface area (Å²) in [6.45, 7) is 7.51. The largest absolute Gasteiger partial charge is 0.514 e. The van der Waals surface area contributed by atoms with Crippen LogP contribution in [0.15, 0.2) is 42.2 Å². The van der Waals surface area contributed by atoms with Crippen molar-refractivity contribution in [3.8, 4) is 6.07 Å². The molecule has 36 heavy (non-hydrogen) atoms. The summed E-state index contributed by atoms with van der Waals surface area (Å²) in [6.07, 6.45) is -0.592. The third-order valence-electron chi connectivity index (χ3n) is 6.21. The quantitative estimate of drug-likeness (QED) is 0.284. The number of rotatable bonds is 10. The Kier molecular flexibility index (Phi) is 10.7. The van der Waals surface area contributed by atoms with Crippen LogP contribution in [0, 0.1) is 23.2 Å². The number of alkyl carbamates (subject to hydrolysis) is 1. The topological polar surface area (TPSA) is 152 Å². The lowest BCUT2D eigenvalue weighted by molar-refractivity contribution is -0.141. The molecule has 0 radical (unpaired) electrons. The number of amides is 3. The Morgan fingerprint density at radius 3 is 2.39 bits per heavy atom. The van der Waals surface area contributed by atoms with Crippen LogP contribution in [0.25, 0.3) is 0 Å². The molecule has 1 aromatic rings. The molecule has 0 bridgehead atoms. The summed E-state index contributed by atoms with van der Waals surface area (Å²) in [5.41, 5.74) is 0.542. The van der Waals surface area contributed by atoms with Gasteiger partial charge in [0.2, 0.25) is 11.8 Å². The van der Waals surface area contributed by atoms with Gasteiger partial charge in [-0.2, -0.15) is 5.26 Å². The first-order valence-corrected chi connectivity index (χ1v) is 12.1. The summed E-state index contributed by atoms with van der Waals surface area (Å²) in [5.74, 6) is -1.39. The van der Waals surface area contributed by atoms with E-state index in [9.17, 15) is 24.6 Å². The smallest absolute Gasteiger partial charge is 0.408 e. The number of benzene rings is 1. The highest BCUT2D eigenvalue weighted by Gasteiger charge is 2.40. The van der Waals surface area contributed by atoms with Gasteiger partial charge in [-0.05, 0) is 30.2 Å². The molecule has 10 heteroatoms. The molecule has 0 saturated carbocycles. The lowest BCUT2D eigenvalue weighted by atomic mass is 9.93. The Bertz CT molecular complexity index is 972. The molecule has 4 atom stereocenters. The third-order valence-corrected chi connectivity index (χ3v) is 6.21. The van der Waals surface area contributed by atoms with Crippen molar-refractivity contribution in [3.63, 3.8) is 0 Å². The second-order valence-corrected chi connectivity index (χ2v) is 9.54. The maximum absolute atomic E-state index is 13.4. The number of carbonyl (C=O) groups excluding carboxylic acids is 3. The van der Waals surface area contributed by atoms with E-state index in [0.717, 1.165) is 5.56 Å². The average Bonchev–Trinajstić information content (AvgIpc) is 3.35. The molecule has 0 aromatic heterocycles. The van der Waals surface area contributed by atoms with Crippen molar-refractivity contribution in [1.29, 1.82) is 5.26 Å². The normalized spacial score (nSPS) is 18.3. The van der Waals surface area contributed by atoms with E-state index in [1.807, 2.05) is 30.3 Å². The van der Waals surface area contributed by atoms with Gasteiger partial charge in [0.1, 0.15) is 30.9 Å². The molecule has 1 saturated heterocycles. The number of ether oxygens (including phenoxy) is 1. The Balaban J connectivity index is 2.08. The predicted octanol–water partition coefficient (Wildman–Crippen LogP) is 2.40. The van der Waals surface area contributed by atoms with Crippen LogP contribution in [0.2, 0.25) is 0 Å². The van der Waals surface area contributed by atoms with Crippen molar-refractivity contribution < 1.29 is 29.3 Å². The number of nitrogens with one attached hydrogen (secondary N) is 2. The summed E-state index contributed by atoms with van der Waals surface area (Å²) in [7, 11) is 0. The van der Waals surface area contributed by atoms with Crippen molar-refractivity contribution in [3.05, 3.63) is 47.7 Å². The van der Waals surface area contributed by atoms with Crippen molar-refractivity contribution >= 4 is 17.9 Å². The molecule has 0 spiro atoms. The minimum atomic E-state index is -1.40. The first-order valence-electron chi connectivity index (χ1n) is 12.1. The van der Waals surface area contributed by atoms with Crippen LogP contribution >= 0.6 is 0 Å². The molecule has 4 N–H and O–H groups in total. The van der Waals surface area contributed by atoms with Gasteiger partial charge in [0.25, 0.3) is 0 Å². The zero-order valence-corrected chi connectivity index (χ0v) is 21.2. The fourth-order valence-electron chi connectivity index (χ4n) is 4.12. The van der Waals surface area contributed by atoms with E-state index in [1.54, 1.807) is 33.8 Å². The van der Waals surface area contributed by atoms with Crippen LogP contribution in [0.1, 0.15) is 46.1 Å². The standard InChI is InChI=1S/C26H36N4O6/c1-16(2)21(23(32)19(13-27)14-31)28-24(33)20-11-8-12-30(20)25(34)22(17(3)4)29-26(35)36-15-18-9-6-5-7-10-18/h5-7,9-10,14,16-17,20-23,31-32H,8,11-12,15H2,1-4H3,(H,28,33)(H,29,35)/b19-14+/t20-,21-,22-,23?/m0/s1. The average molecular weight is 501 g/mol. The highest BCUT2D eigenvalue weighted by molar-refractivity contribution is 5.92. The molecule has 1 heterocycles. The van der Waals surface area contributed by atoms with Crippen molar-refractivity contribution in [2.24, 2.45) is 11.8 Å². The summed E-state index contributed by atoms with van der Waals surface area (Å²) >= 11 is 0. The summed E-state index contributed by atoms with van der Waals surface area (Å²) in [4.78, 5) is 40.4. The number of aliphatic hydroxyl groups excluding tert-OH is 2. The molecule has 10 nitrogen and oxygen atoms in total. The predicted molar refractivity (Wildman–Crippen MR) is 132 cm³/mol. The van der Waals surface area contributed by atoms with E-state index in [2.05, 4.69) is 10.6 Å². The van der Waals surface area contributed by atoms with E-state index < -0.39 is 42.1 Å². The number of hydrogen-bond donors (Lipinski definition) is 4. The van der Waals surface area contributed by atoms with E-state index in [0.29, 0.717) is 25.6 Å². The number of hydrogen-bond acceptors (Lipinski definition) is 7. The molecule has 1 fully saturated rings. The van der Waals surface area contributed by atoms with E-state index in [4.69, 9.17) is 10.00 Å². The number of nitrogens with zero attached hydrogens (tertiary/aromatic N) is 2. The lowest BCUT2D eigenvalue weighted by Crippen LogP contribution is -2.57. The lowest BCUT2D eigenvalue weighted by Gasteiger charge is -2.33. The minimum Gasteiger partial charge on any atom is -0.514 e. The number of nitriles is 1. The van der Waals surface area contributed by atoms with Gasteiger partial charge in [0, 0.05) is 6.54 Å². The first kappa shape index (κ1) is 28.7. The van der Waals surface area contributed by atoms with Gasteiger partial charge in [-0.3, -0.25) is 9.59 Å². The Labute approximate surface area is 211 Å². The fourth-order valence-corrected chi connectivity index (χ4v) is 4.12. The first-order chi connectivity index (χ1) is 17.1. The molecule has 1 aliphatic rings. The summed E-state index contributed by atoms with van der Waals surface area (Å²) < 4.78 is 5.26. The van der Waals surface area contributed by atoms with E-state index >= 15 is 0 Å². The zero-order chi connectivity index (χ0) is 26.8. The third kappa shape index (κ3) is 7.46. The molecule has 196 valence electrons. The molecular weight excluding hydrogens is 464 g/mol. The Morgan fingerprint density at radius 2 is 1.83 bits per heavy atom. The van der Waals surface area contributed by atoms with Crippen molar-refractivity contribution in [1.82, 2.24) is 15.5 Å². The van der Waals surface area contributed by atoms with Gasteiger partial charge in [-0.25, -0.2) is 4.79 Å². The molecule has 1 aliphatic heterocycles. The summed E-state index contributed by atoms with van der Waals surface area (Å²) in [5, 5.41) is 34.2. The Hall–Kier alpha value is -3.58. The number of aliphatic hydroxyl groups is 2. The van der Waals surface area contributed by atoms with Crippen LogP contribution in [-0.2, 0) is 20.9 Å². The van der Waals surface area contributed by atoms with Crippen LogP contribution in [0.3, 0.4) is 0 Å². The van der Waals surface area contributed by atoms with Crippen molar-refractivity contribution in [2.45, 2.75) is 71.4 Å². The SMILES string of the molecule is CC(C)[C@H](NC(=O)[C@@H]1CCCN1C(=O)[C@@H](NC(=O)OCc1ccccc1)C(C)C)C(O)/C(C#N)=C/O. The fraction of sp³-hybridized carbons (Fsp3) is 0.538. The highest BCUT2D eigenvalue weighted by atomic mass is 16.5. The molecule has 3 amide bonds. The number of likely N-dealkylation sites (tertiary alicyclic amines) is 1. The minimum absolute atomic E-state index is 0.0618. The highest BCUT2D eigenvalue weighted by Crippen LogP contribution is 2.22. The molecule has 1 unspecified atom stereocenters. The molecular formula is C26H36N4O6. The monoisotopic (exact) mass is 500 g/mol. The van der Waals surface area contributed by atoms with Gasteiger partial charge >= 0.3 is 6.09 Å². The second kappa shape index (κ2) is 13.5.